The summed E-state index contributed by atoms with van der Waals surface area (Å²) in [6, 6.07) is 28.7. The van der Waals surface area contributed by atoms with Crippen molar-refractivity contribution < 1.29 is 4.74 Å². The highest BCUT2D eigenvalue weighted by Crippen LogP contribution is 2.18. The molecule has 0 saturated carbocycles. The normalized spacial score (nSPS) is 10.9. The fraction of sp³-hybridized carbons (Fsp3) is 0.208. The highest BCUT2D eigenvalue weighted by molar-refractivity contribution is 5.80. The van der Waals surface area contributed by atoms with Crippen LogP contribution in [0.15, 0.2) is 90.0 Å². The Kier molecular flexibility index (Phi) is 7.05. The van der Waals surface area contributed by atoms with E-state index in [1.807, 2.05) is 59.8 Å². The molecule has 0 bridgehead atoms. The molecule has 3 nitrogen and oxygen atoms in total. The third-order valence-corrected chi connectivity index (χ3v) is 4.22. The standard InChI is InChI=1S/C24H26N2O/c1-2-3-18-27-24-16-14-21(15-17-24)19-25-26(23-12-8-5-9-13-23)20-22-10-6-4-7-11-22/h4-17,19H,2-3,18,20H2,1H3. The number of rotatable bonds is 9. The smallest absolute Gasteiger partial charge is 0.119 e. The summed E-state index contributed by atoms with van der Waals surface area (Å²) in [5.74, 6) is 0.907. The average Bonchev–Trinajstić information content (AvgIpc) is 2.74. The van der Waals surface area contributed by atoms with Crippen LogP contribution >= 0.6 is 0 Å². The lowest BCUT2D eigenvalue weighted by molar-refractivity contribution is 0.309. The van der Waals surface area contributed by atoms with Gasteiger partial charge in [-0.25, -0.2) is 0 Å². The van der Waals surface area contributed by atoms with E-state index >= 15 is 0 Å². The van der Waals surface area contributed by atoms with Crippen LogP contribution in [0.25, 0.3) is 0 Å². The van der Waals surface area contributed by atoms with Crippen molar-refractivity contribution in [2.45, 2.75) is 26.3 Å². The summed E-state index contributed by atoms with van der Waals surface area (Å²) < 4.78 is 5.72. The molecule has 0 aromatic heterocycles. The quantitative estimate of drug-likeness (QED) is 0.270. The summed E-state index contributed by atoms with van der Waals surface area (Å²) in [5, 5.41) is 6.75. The maximum atomic E-state index is 5.72. The van der Waals surface area contributed by atoms with Crippen molar-refractivity contribution >= 4 is 11.9 Å². The minimum atomic E-state index is 0.722. The largest absolute Gasteiger partial charge is 0.494 e. The Morgan fingerprint density at radius 2 is 1.52 bits per heavy atom. The van der Waals surface area contributed by atoms with E-state index in [9.17, 15) is 0 Å². The Bertz CT molecular complexity index is 814. The summed E-state index contributed by atoms with van der Waals surface area (Å²) in [5.41, 5.74) is 3.34. The summed E-state index contributed by atoms with van der Waals surface area (Å²) in [6.45, 7) is 3.65. The maximum Gasteiger partial charge on any atom is 0.119 e. The molecule has 3 rings (SSSR count). The number of hydrogen-bond donors (Lipinski definition) is 0. The second kappa shape index (κ2) is 10.2. The highest BCUT2D eigenvalue weighted by Gasteiger charge is 2.05. The first-order valence-corrected chi connectivity index (χ1v) is 9.48. The van der Waals surface area contributed by atoms with Gasteiger partial charge in [0.2, 0.25) is 0 Å². The number of nitrogens with zero attached hydrogens (tertiary/aromatic N) is 2. The summed E-state index contributed by atoms with van der Waals surface area (Å²) in [7, 11) is 0. The van der Waals surface area contributed by atoms with Crippen LogP contribution in [0.1, 0.15) is 30.9 Å². The first kappa shape index (κ1) is 18.7. The number of benzene rings is 3. The molecule has 3 aromatic rings. The van der Waals surface area contributed by atoms with Gasteiger partial charge in [-0.3, -0.25) is 5.01 Å². The average molecular weight is 358 g/mol. The molecule has 0 spiro atoms. The Balaban J connectivity index is 1.71. The van der Waals surface area contributed by atoms with E-state index in [-0.39, 0.29) is 0 Å². The van der Waals surface area contributed by atoms with E-state index in [0.29, 0.717) is 0 Å². The zero-order valence-electron chi connectivity index (χ0n) is 15.8. The van der Waals surface area contributed by atoms with Crippen LogP contribution < -0.4 is 9.75 Å². The number of anilines is 1. The van der Waals surface area contributed by atoms with Crippen molar-refractivity contribution in [2.24, 2.45) is 5.10 Å². The van der Waals surface area contributed by atoms with Gasteiger partial charge < -0.3 is 4.74 Å². The van der Waals surface area contributed by atoms with Crippen LogP contribution in [-0.4, -0.2) is 12.8 Å². The second-order valence-corrected chi connectivity index (χ2v) is 6.39. The summed E-state index contributed by atoms with van der Waals surface area (Å²) in [6.07, 6.45) is 4.11. The Hall–Kier alpha value is -3.07. The third kappa shape index (κ3) is 6.00. The van der Waals surface area contributed by atoms with Crippen LogP contribution in [0.5, 0.6) is 5.75 Å². The number of ether oxygens (including phenoxy) is 1. The molecule has 0 saturated heterocycles. The van der Waals surface area contributed by atoms with Crippen LogP contribution in [0.4, 0.5) is 5.69 Å². The van der Waals surface area contributed by atoms with Gasteiger partial charge in [-0.1, -0.05) is 61.9 Å². The fourth-order valence-corrected chi connectivity index (χ4v) is 2.68. The number of hydrazone groups is 1. The van der Waals surface area contributed by atoms with Gasteiger partial charge in [-0.15, -0.1) is 0 Å². The summed E-state index contributed by atoms with van der Waals surface area (Å²) >= 11 is 0. The molecule has 138 valence electrons. The second-order valence-electron chi connectivity index (χ2n) is 6.39. The molecule has 0 fully saturated rings. The predicted molar refractivity (Wildman–Crippen MR) is 114 cm³/mol. The molecule has 0 unspecified atom stereocenters. The summed E-state index contributed by atoms with van der Waals surface area (Å²) in [4.78, 5) is 0. The molecule has 0 aliphatic heterocycles. The van der Waals surface area contributed by atoms with Gasteiger partial charge in [-0.2, -0.15) is 5.10 Å². The molecule has 3 heteroatoms. The molecule has 0 N–H and O–H groups in total. The Labute approximate surface area is 161 Å². The predicted octanol–water partition coefficient (Wildman–Crippen LogP) is 5.91. The molecule has 0 amide bonds. The first-order chi connectivity index (χ1) is 13.3. The minimum absolute atomic E-state index is 0.722. The zero-order chi connectivity index (χ0) is 18.7. The number of para-hydroxylation sites is 1. The Morgan fingerprint density at radius 1 is 0.852 bits per heavy atom. The Morgan fingerprint density at radius 3 is 2.19 bits per heavy atom. The van der Waals surface area contributed by atoms with Gasteiger partial charge in [0.15, 0.2) is 0 Å². The van der Waals surface area contributed by atoms with Crippen molar-refractivity contribution in [3.05, 3.63) is 96.1 Å². The van der Waals surface area contributed by atoms with Crippen LogP contribution in [0, 0.1) is 0 Å². The van der Waals surface area contributed by atoms with E-state index in [2.05, 4.69) is 43.3 Å². The number of unbranched alkanes of at least 4 members (excludes halogenated alkanes) is 1. The van der Waals surface area contributed by atoms with Gasteiger partial charge >= 0.3 is 0 Å². The molecular formula is C24H26N2O. The zero-order valence-corrected chi connectivity index (χ0v) is 15.8. The molecule has 0 aliphatic carbocycles. The van der Waals surface area contributed by atoms with Gasteiger partial charge in [-0.05, 0) is 53.9 Å². The topological polar surface area (TPSA) is 24.8 Å². The van der Waals surface area contributed by atoms with Gasteiger partial charge in [0.05, 0.1) is 25.1 Å². The minimum Gasteiger partial charge on any atom is -0.494 e. The molecule has 0 aliphatic rings. The van der Waals surface area contributed by atoms with Gasteiger partial charge in [0, 0.05) is 0 Å². The third-order valence-electron chi connectivity index (χ3n) is 4.22. The van der Waals surface area contributed by atoms with Crippen molar-refractivity contribution in [2.75, 3.05) is 11.6 Å². The lowest BCUT2D eigenvalue weighted by atomic mass is 10.2. The maximum absolute atomic E-state index is 5.72. The van der Waals surface area contributed by atoms with E-state index in [0.717, 1.165) is 43.0 Å². The fourth-order valence-electron chi connectivity index (χ4n) is 2.68. The monoisotopic (exact) mass is 358 g/mol. The number of hydrogen-bond acceptors (Lipinski definition) is 3. The van der Waals surface area contributed by atoms with E-state index in [4.69, 9.17) is 9.84 Å². The van der Waals surface area contributed by atoms with E-state index in [1.54, 1.807) is 0 Å². The first-order valence-electron chi connectivity index (χ1n) is 9.48. The van der Waals surface area contributed by atoms with E-state index in [1.165, 1.54) is 5.56 Å². The lowest BCUT2D eigenvalue weighted by Gasteiger charge is -2.19. The molecule has 0 radical (unpaired) electrons. The van der Waals surface area contributed by atoms with Crippen molar-refractivity contribution in [1.82, 2.24) is 0 Å². The SMILES string of the molecule is CCCCOc1ccc(C=NN(Cc2ccccc2)c2ccccc2)cc1. The molecule has 27 heavy (non-hydrogen) atoms. The molecule has 0 atom stereocenters. The van der Waals surface area contributed by atoms with Crippen LogP contribution in [0.2, 0.25) is 0 Å². The van der Waals surface area contributed by atoms with Gasteiger partial charge in [0.1, 0.15) is 5.75 Å². The molecule has 3 aromatic carbocycles. The highest BCUT2D eigenvalue weighted by atomic mass is 16.5. The van der Waals surface area contributed by atoms with Crippen molar-refractivity contribution in [1.29, 1.82) is 0 Å². The lowest BCUT2D eigenvalue weighted by Crippen LogP contribution is -2.15. The van der Waals surface area contributed by atoms with Crippen molar-refractivity contribution in [3.8, 4) is 5.75 Å². The van der Waals surface area contributed by atoms with Crippen LogP contribution in [-0.2, 0) is 6.54 Å². The molecular weight excluding hydrogens is 332 g/mol. The van der Waals surface area contributed by atoms with Crippen molar-refractivity contribution in [3.63, 3.8) is 0 Å². The van der Waals surface area contributed by atoms with E-state index < -0.39 is 0 Å². The van der Waals surface area contributed by atoms with Crippen LogP contribution in [0.3, 0.4) is 0 Å². The van der Waals surface area contributed by atoms with Gasteiger partial charge in [0.25, 0.3) is 0 Å². The molecule has 0 heterocycles.